The molecule has 0 amide bonds. The predicted octanol–water partition coefficient (Wildman–Crippen LogP) is 0.210. The van der Waals surface area contributed by atoms with E-state index < -0.39 is 5.82 Å². The second-order valence-corrected chi connectivity index (χ2v) is 2.11. The van der Waals surface area contributed by atoms with E-state index in [-0.39, 0.29) is 16.9 Å². The first-order valence-electron chi connectivity index (χ1n) is 3.03. The molecule has 4 heteroatoms. The van der Waals surface area contributed by atoms with Crippen LogP contribution < -0.4 is 15.9 Å². The van der Waals surface area contributed by atoms with E-state index in [1.807, 2.05) is 0 Å². The van der Waals surface area contributed by atoms with Gasteiger partial charge in [-0.05, 0) is 6.07 Å². The van der Waals surface area contributed by atoms with Gasteiger partial charge in [0.2, 0.25) is 0 Å². The minimum atomic E-state index is -0.450. The van der Waals surface area contributed by atoms with Crippen molar-refractivity contribution in [2.75, 3.05) is 12.8 Å². The van der Waals surface area contributed by atoms with Gasteiger partial charge in [-0.25, -0.2) is 4.39 Å². The number of hydrogen-bond donors (Lipinski definition) is 1. The fraction of sp³-hybridized carbons (Fsp3) is 0.143. The summed E-state index contributed by atoms with van der Waals surface area (Å²) in [6, 6.07) is 2.34. The fourth-order valence-corrected chi connectivity index (χ4v) is 0.782. The van der Waals surface area contributed by atoms with Gasteiger partial charge in [0, 0.05) is 6.07 Å². The molecule has 0 saturated heterocycles. The molecular weight excluding hydrogens is 144 g/mol. The number of nitrogens with two attached hydrogens (primary N) is 1. The van der Waals surface area contributed by atoms with Crippen molar-refractivity contribution < 1.29 is 9.13 Å². The van der Waals surface area contributed by atoms with Crippen LogP contribution in [0.1, 0.15) is 0 Å². The lowest BCUT2D eigenvalue weighted by Gasteiger charge is -2.06. The molecular formula is C7H7BFNO. The van der Waals surface area contributed by atoms with E-state index in [1.54, 1.807) is 0 Å². The van der Waals surface area contributed by atoms with Crippen LogP contribution in [0.2, 0.25) is 0 Å². The van der Waals surface area contributed by atoms with Crippen molar-refractivity contribution in [1.29, 1.82) is 0 Å². The van der Waals surface area contributed by atoms with Gasteiger partial charge < -0.3 is 10.5 Å². The number of halogens is 1. The first-order chi connectivity index (χ1) is 5.15. The molecule has 1 aromatic carbocycles. The van der Waals surface area contributed by atoms with Crippen molar-refractivity contribution in [2.24, 2.45) is 0 Å². The van der Waals surface area contributed by atoms with E-state index in [4.69, 9.17) is 18.3 Å². The number of rotatable bonds is 1. The summed E-state index contributed by atoms with van der Waals surface area (Å²) < 4.78 is 17.3. The topological polar surface area (TPSA) is 35.2 Å². The Bertz CT molecular complexity index is 277. The molecule has 0 heterocycles. The standard InChI is InChI=1S/C7H7BFNO/c1-11-6-3-4(9)2-5(8)7(6)10/h2-3H,10H2,1H3. The summed E-state index contributed by atoms with van der Waals surface area (Å²) in [4.78, 5) is 0. The van der Waals surface area contributed by atoms with Crippen LogP contribution in [0.25, 0.3) is 0 Å². The largest absolute Gasteiger partial charge is 0.495 e. The van der Waals surface area contributed by atoms with E-state index >= 15 is 0 Å². The summed E-state index contributed by atoms with van der Waals surface area (Å²) in [7, 11) is 6.76. The smallest absolute Gasteiger partial charge is 0.144 e. The Balaban J connectivity index is 3.24. The number of benzene rings is 1. The van der Waals surface area contributed by atoms with Crippen LogP contribution in [-0.4, -0.2) is 15.0 Å². The van der Waals surface area contributed by atoms with Gasteiger partial charge in [0.05, 0.1) is 12.8 Å². The summed E-state index contributed by atoms with van der Waals surface area (Å²) in [5, 5.41) is 0. The van der Waals surface area contributed by atoms with Crippen LogP contribution in [0.15, 0.2) is 12.1 Å². The zero-order valence-electron chi connectivity index (χ0n) is 6.10. The number of ether oxygens (including phenoxy) is 1. The summed E-state index contributed by atoms with van der Waals surface area (Å²) in [5.74, 6) is -0.184. The molecule has 0 saturated carbocycles. The molecule has 0 spiro atoms. The molecule has 2 nitrogen and oxygen atoms in total. The molecule has 0 aliphatic rings. The SMILES string of the molecule is [B]c1cc(F)cc(OC)c1N. The van der Waals surface area contributed by atoms with E-state index in [0.717, 1.165) is 6.07 Å². The summed E-state index contributed by atoms with van der Waals surface area (Å²) in [6.07, 6.45) is 0. The summed E-state index contributed by atoms with van der Waals surface area (Å²) in [5.41, 5.74) is 5.91. The predicted molar refractivity (Wildman–Crippen MR) is 42.8 cm³/mol. The maximum Gasteiger partial charge on any atom is 0.144 e. The van der Waals surface area contributed by atoms with Crippen LogP contribution in [-0.2, 0) is 0 Å². The van der Waals surface area contributed by atoms with Crippen molar-refractivity contribution >= 4 is 19.0 Å². The molecule has 0 aromatic heterocycles. The Kier molecular flexibility index (Phi) is 2.03. The van der Waals surface area contributed by atoms with Gasteiger partial charge in [-0.15, -0.1) is 0 Å². The third-order valence-electron chi connectivity index (χ3n) is 1.36. The van der Waals surface area contributed by atoms with E-state index in [2.05, 4.69) is 0 Å². The number of hydrogen-bond acceptors (Lipinski definition) is 2. The fourth-order valence-electron chi connectivity index (χ4n) is 0.782. The second kappa shape index (κ2) is 2.82. The number of anilines is 1. The lowest BCUT2D eigenvalue weighted by molar-refractivity contribution is 0.414. The lowest BCUT2D eigenvalue weighted by Crippen LogP contribution is -2.11. The Morgan fingerprint density at radius 1 is 1.55 bits per heavy atom. The van der Waals surface area contributed by atoms with E-state index in [0.29, 0.717) is 0 Å². The molecule has 2 N–H and O–H groups in total. The van der Waals surface area contributed by atoms with Crippen molar-refractivity contribution in [3.05, 3.63) is 17.9 Å². The van der Waals surface area contributed by atoms with Crippen LogP contribution in [0, 0.1) is 5.82 Å². The molecule has 0 bridgehead atoms. The molecule has 1 rings (SSSR count). The maximum atomic E-state index is 12.6. The molecule has 56 valence electrons. The van der Waals surface area contributed by atoms with Crippen molar-refractivity contribution in [3.8, 4) is 5.75 Å². The molecule has 0 aliphatic carbocycles. The zero-order chi connectivity index (χ0) is 8.43. The molecule has 1 aromatic rings. The van der Waals surface area contributed by atoms with Gasteiger partial charge in [-0.2, -0.15) is 0 Å². The molecule has 2 radical (unpaired) electrons. The second-order valence-electron chi connectivity index (χ2n) is 2.11. The van der Waals surface area contributed by atoms with Crippen LogP contribution in [0.3, 0.4) is 0 Å². The van der Waals surface area contributed by atoms with Crippen molar-refractivity contribution in [1.82, 2.24) is 0 Å². The van der Waals surface area contributed by atoms with Gasteiger partial charge in [0.15, 0.2) is 0 Å². The van der Waals surface area contributed by atoms with Crippen LogP contribution in [0.4, 0.5) is 10.1 Å². The molecule has 0 unspecified atom stereocenters. The van der Waals surface area contributed by atoms with Gasteiger partial charge in [-0.3, -0.25) is 0 Å². The van der Waals surface area contributed by atoms with Crippen LogP contribution >= 0.6 is 0 Å². The van der Waals surface area contributed by atoms with E-state index in [9.17, 15) is 4.39 Å². The number of methoxy groups -OCH3 is 1. The average Bonchev–Trinajstić information content (AvgIpc) is 1.96. The molecule has 0 aliphatic heterocycles. The van der Waals surface area contributed by atoms with Gasteiger partial charge in [0.25, 0.3) is 0 Å². The zero-order valence-corrected chi connectivity index (χ0v) is 6.10. The highest BCUT2D eigenvalue weighted by molar-refractivity contribution is 6.36. The molecule has 0 atom stereocenters. The summed E-state index contributed by atoms with van der Waals surface area (Å²) in [6.45, 7) is 0. The van der Waals surface area contributed by atoms with Gasteiger partial charge >= 0.3 is 0 Å². The Morgan fingerprint density at radius 2 is 2.18 bits per heavy atom. The van der Waals surface area contributed by atoms with E-state index in [1.165, 1.54) is 13.2 Å². The third kappa shape index (κ3) is 1.45. The van der Waals surface area contributed by atoms with Crippen molar-refractivity contribution in [3.63, 3.8) is 0 Å². The summed E-state index contributed by atoms with van der Waals surface area (Å²) >= 11 is 0. The third-order valence-corrected chi connectivity index (χ3v) is 1.36. The maximum absolute atomic E-state index is 12.6. The minimum absolute atomic E-state index is 0.196. The normalized spacial score (nSPS) is 9.64. The lowest BCUT2D eigenvalue weighted by atomic mass is 9.94. The highest BCUT2D eigenvalue weighted by atomic mass is 19.1. The average molecular weight is 151 g/mol. The van der Waals surface area contributed by atoms with Crippen LogP contribution in [0.5, 0.6) is 5.75 Å². The minimum Gasteiger partial charge on any atom is -0.495 e. The quantitative estimate of drug-likeness (QED) is 0.459. The highest BCUT2D eigenvalue weighted by Crippen LogP contribution is 2.18. The first kappa shape index (κ1) is 7.92. The highest BCUT2D eigenvalue weighted by Gasteiger charge is 2.03. The van der Waals surface area contributed by atoms with Crippen molar-refractivity contribution in [2.45, 2.75) is 0 Å². The first-order valence-corrected chi connectivity index (χ1v) is 3.03. The monoisotopic (exact) mass is 151 g/mol. The number of nitrogen functional groups attached to an aromatic ring is 1. The Hall–Kier alpha value is -1.19. The van der Waals surface area contributed by atoms with Gasteiger partial charge in [-0.1, -0.05) is 5.46 Å². The Labute approximate surface area is 65.6 Å². The Morgan fingerprint density at radius 3 is 2.73 bits per heavy atom. The molecule has 11 heavy (non-hydrogen) atoms. The molecule has 0 fully saturated rings. The van der Waals surface area contributed by atoms with Gasteiger partial charge in [0.1, 0.15) is 19.4 Å².